The molecule has 2 aromatic carbocycles. The predicted molar refractivity (Wildman–Crippen MR) is 195 cm³/mol. The maximum atomic E-state index is 13.3. The summed E-state index contributed by atoms with van der Waals surface area (Å²) in [6.07, 6.45) is 7.79. The average molecular weight is 707 g/mol. The van der Waals surface area contributed by atoms with E-state index >= 15 is 0 Å². The number of hydrogen-bond acceptors (Lipinski definition) is 9. The smallest absolute Gasteiger partial charge is 0.262 e. The van der Waals surface area contributed by atoms with Crippen LogP contribution >= 0.6 is 11.6 Å². The molecule has 2 amide bonds. The number of carbonyl (C=O) groups excluding carboxylic acids is 2. The van der Waals surface area contributed by atoms with E-state index in [4.69, 9.17) is 21.3 Å². The van der Waals surface area contributed by atoms with Crippen LogP contribution in [0.2, 0.25) is 5.02 Å². The van der Waals surface area contributed by atoms with Crippen LogP contribution in [0.15, 0.2) is 71.9 Å². The number of nitrogens with one attached hydrogen (secondary N) is 4. The highest BCUT2D eigenvalue weighted by Crippen LogP contribution is 2.40. The molecule has 13 heteroatoms. The first-order valence-corrected chi connectivity index (χ1v) is 17.5. The van der Waals surface area contributed by atoms with Crippen molar-refractivity contribution in [3.8, 4) is 39.4 Å². The van der Waals surface area contributed by atoms with E-state index < -0.39 is 0 Å². The second-order valence-electron chi connectivity index (χ2n) is 13.0. The third-order valence-corrected chi connectivity index (χ3v) is 9.96. The lowest BCUT2D eigenvalue weighted by atomic mass is 9.92. The number of pyridine rings is 1. The largest absolute Gasteiger partial charge is 0.480 e. The van der Waals surface area contributed by atoms with Crippen LogP contribution in [0.25, 0.3) is 39.2 Å². The number of nitrogens with zero attached hydrogens (tertiary/aromatic N) is 4. The summed E-state index contributed by atoms with van der Waals surface area (Å²) in [4.78, 5) is 50.3. The Morgan fingerprint density at radius 2 is 1.53 bits per heavy atom. The van der Waals surface area contributed by atoms with Gasteiger partial charge in [0, 0.05) is 80.2 Å². The second kappa shape index (κ2) is 15.0. The molecular formula is C38H39ClN8O4. The van der Waals surface area contributed by atoms with Gasteiger partial charge in [-0.15, -0.1) is 0 Å². The van der Waals surface area contributed by atoms with Gasteiger partial charge >= 0.3 is 0 Å². The Hall–Kier alpha value is -5.17. The minimum Gasteiger partial charge on any atom is -0.480 e. The molecule has 2 saturated heterocycles. The zero-order valence-corrected chi connectivity index (χ0v) is 29.2. The number of benzene rings is 2. The van der Waals surface area contributed by atoms with Gasteiger partial charge in [-0.3, -0.25) is 23.8 Å². The molecule has 0 aliphatic carbocycles. The fourth-order valence-corrected chi connectivity index (χ4v) is 7.12. The fraction of sp³-hybridized carbons (Fsp3) is 0.316. The van der Waals surface area contributed by atoms with Gasteiger partial charge in [-0.2, -0.15) is 0 Å². The number of amides is 2. The van der Waals surface area contributed by atoms with E-state index in [2.05, 4.69) is 38.2 Å². The van der Waals surface area contributed by atoms with E-state index in [1.54, 1.807) is 30.1 Å². The molecule has 5 aromatic rings. The molecule has 12 nitrogen and oxygen atoms in total. The molecule has 2 aliphatic rings. The van der Waals surface area contributed by atoms with Crippen LogP contribution in [0.4, 0.5) is 0 Å². The molecular weight excluding hydrogens is 668 g/mol. The number of carbonyl (C=O) groups is 2. The average Bonchev–Trinajstić information content (AvgIpc) is 3.76. The van der Waals surface area contributed by atoms with Crippen molar-refractivity contribution in [1.82, 2.24) is 40.6 Å². The Morgan fingerprint density at radius 3 is 2.22 bits per heavy atom. The van der Waals surface area contributed by atoms with Gasteiger partial charge < -0.3 is 26.0 Å². The van der Waals surface area contributed by atoms with Crippen molar-refractivity contribution in [1.29, 1.82) is 0 Å². The number of fused-ring (bicyclic) bond motifs is 1. The SMILES string of the molecule is COc1nc(-c2cccc(-c3cccc(-c4ccn5c(=O)c(CNC[C@@H]6CCC(=O)N6)cnc5c4)c3C)c2Cl)cnc1CNC[C@@H]1CCC(=O)N1. The molecule has 2 aliphatic heterocycles. The summed E-state index contributed by atoms with van der Waals surface area (Å²) < 4.78 is 7.16. The molecule has 0 bridgehead atoms. The summed E-state index contributed by atoms with van der Waals surface area (Å²) in [7, 11) is 1.57. The maximum absolute atomic E-state index is 13.3. The monoisotopic (exact) mass is 706 g/mol. The quantitative estimate of drug-likeness (QED) is 0.150. The van der Waals surface area contributed by atoms with Gasteiger partial charge in [-0.05, 0) is 54.2 Å². The van der Waals surface area contributed by atoms with E-state index in [9.17, 15) is 14.4 Å². The Balaban J connectivity index is 1.10. The van der Waals surface area contributed by atoms with Gasteiger partial charge in [-0.1, -0.05) is 48.0 Å². The van der Waals surface area contributed by atoms with Crippen molar-refractivity contribution in [3.05, 3.63) is 99.3 Å². The molecule has 7 rings (SSSR count). The minimum atomic E-state index is -0.133. The van der Waals surface area contributed by atoms with Crippen molar-refractivity contribution < 1.29 is 14.3 Å². The summed E-state index contributed by atoms with van der Waals surface area (Å²) in [6, 6.07) is 16.0. The Morgan fingerprint density at radius 1 is 0.863 bits per heavy atom. The molecule has 2 atom stereocenters. The summed E-state index contributed by atoms with van der Waals surface area (Å²) in [6.45, 7) is 4.11. The number of hydrogen-bond donors (Lipinski definition) is 4. The van der Waals surface area contributed by atoms with E-state index in [-0.39, 0.29) is 29.5 Å². The third kappa shape index (κ3) is 7.34. The van der Waals surface area contributed by atoms with Crippen LogP contribution in [-0.4, -0.2) is 63.4 Å². The Labute approximate surface area is 300 Å². The summed E-state index contributed by atoms with van der Waals surface area (Å²) in [5.41, 5.74) is 7.70. The van der Waals surface area contributed by atoms with Gasteiger partial charge in [0.25, 0.3) is 5.56 Å². The highest BCUT2D eigenvalue weighted by molar-refractivity contribution is 6.36. The standard InChI is InChI=1S/C38H39ClN8O4/c1-22-27(23-13-14-47-33(15-23)43-17-24(38(47)50)16-40-18-25-9-11-34(48)44-25)5-3-6-28(22)29-7-4-8-30(36(29)39)31-21-42-32(37(46-31)51-2)20-41-19-26-10-12-35(49)45-26/h3-8,13-15,17,21,25-26,40-41H,9-12,16,18-20H2,1-2H3,(H,44,48)(H,45,49)/t25-,26-/m0/s1. The Bertz CT molecular complexity index is 2190. The summed E-state index contributed by atoms with van der Waals surface area (Å²) >= 11 is 7.11. The van der Waals surface area contributed by atoms with Crippen LogP contribution in [0, 0.1) is 6.92 Å². The normalized spacial score (nSPS) is 17.2. The lowest BCUT2D eigenvalue weighted by molar-refractivity contribution is -0.120. The van der Waals surface area contributed by atoms with Crippen LogP contribution in [0.1, 0.15) is 42.5 Å². The lowest BCUT2D eigenvalue weighted by Crippen LogP contribution is -2.36. The summed E-state index contributed by atoms with van der Waals surface area (Å²) in [5.74, 6) is 0.557. The van der Waals surface area contributed by atoms with E-state index in [1.165, 1.54) is 0 Å². The molecule has 3 aromatic heterocycles. The number of aromatic nitrogens is 4. The van der Waals surface area contributed by atoms with Gasteiger partial charge in [0.05, 0.1) is 24.0 Å². The molecule has 0 radical (unpaired) electrons. The predicted octanol–water partition coefficient (Wildman–Crippen LogP) is 4.19. The Kier molecular flexibility index (Phi) is 10.1. The lowest BCUT2D eigenvalue weighted by Gasteiger charge is -2.16. The molecule has 51 heavy (non-hydrogen) atoms. The number of rotatable bonds is 12. The number of halogens is 1. The van der Waals surface area contributed by atoms with Crippen LogP contribution in [-0.2, 0) is 22.7 Å². The number of methoxy groups -OCH3 is 1. The topological polar surface area (TPSA) is 152 Å². The van der Waals surface area contributed by atoms with Crippen molar-refractivity contribution in [2.75, 3.05) is 20.2 Å². The zero-order valence-electron chi connectivity index (χ0n) is 28.5. The second-order valence-corrected chi connectivity index (χ2v) is 13.3. The molecule has 2 fully saturated rings. The molecule has 5 heterocycles. The number of ether oxygens (including phenoxy) is 1. The fourth-order valence-electron chi connectivity index (χ4n) is 6.80. The third-order valence-electron chi connectivity index (χ3n) is 9.55. The van der Waals surface area contributed by atoms with Crippen molar-refractivity contribution in [2.45, 2.75) is 57.8 Å². The minimum absolute atomic E-state index is 0.0678. The van der Waals surface area contributed by atoms with Gasteiger partial charge in [0.15, 0.2) is 0 Å². The van der Waals surface area contributed by atoms with Crippen LogP contribution < -0.4 is 31.6 Å². The first-order chi connectivity index (χ1) is 24.8. The maximum Gasteiger partial charge on any atom is 0.262 e. The molecule has 0 saturated carbocycles. The van der Waals surface area contributed by atoms with Crippen LogP contribution in [0.3, 0.4) is 0 Å². The molecule has 0 spiro atoms. The van der Waals surface area contributed by atoms with E-state index in [0.29, 0.717) is 72.5 Å². The molecule has 262 valence electrons. The summed E-state index contributed by atoms with van der Waals surface area (Å²) in [5, 5.41) is 13.0. The highest BCUT2D eigenvalue weighted by atomic mass is 35.5. The van der Waals surface area contributed by atoms with Crippen molar-refractivity contribution >= 4 is 29.1 Å². The van der Waals surface area contributed by atoms with E-state index in [0.717, 1.165) is 46.2 Å². The van der Waals surface area contributed by atoms with Crippen molar-refractivity contribution in [3.63, 3.8) is 0 Å². The van der Waals surface area contributed by atoms with E-state index in [1.807, 2.05) is 48.5 Å². The van der Waals surface area contributed by atoms with Gasteiger partial charge in [-0.25, -0.2) is 9.97 Å². The zero-order chi connectivity index (χ0) is 35.5. The van der Waals surface area contributed by atoms with Crippen LogP contribution in [0.5, 0.6) is 5.88 Å². The first-order valence-electron chi connectivity index (χ1n) is 17.1. The van der Waals surface area contributed by atoms with Gasteiger partial charge in [0.2, 0.25) is 17.7 Å². The molecule has 0 unspecified atom stereocenters. The first kappa shape index (κ1) is 34.3. The van der Waals surface area contributed by atoms with Crippen molar-refractivity contribution in [2.24, 2.45) is 0 Å². The molecule has 4 N–H and O–H groups in total. The highest BCUT2D eigenvalue weighted by Gasteiger charge is 2.22. The van der Waals surface area contributed by atoms with Gasteiger partial charge in [0.1, 0.15) is 11.3 Å².